The second-order valence-corrected chi connectivity index (χ2v) is 5.94. The average molecular weight is 403 g/mol. The molecule has 2 aromatic carbocycles. The van der Waals surface area contributed by atoms with Crippen molar-refractivity contribution in [1.82, 2.24) is 0 Å². The smallest absolute Gasteiger partial charge is 0.338 e. The third-order valence-electron chi connectivity index (χ3n) is 3.83. The van der Waals surface area contributed by atoms with Gasteiger partial charge < -0.3 is 29.0 Å². The monoisotopic (exact) mass is 403 g/mol. The van der Waals surface area contributed by atoms with Crippen LogP contribution in [0.25, 0.3) is 0 Å². The summed E-state index contributed by atoms with van der Waals surface area (Å²) in [7, 11) is 4.50. The maximum Gasteiger partial charge on any atom is 0.338 e. The lowest BCUT2D eigenvalue weighted by atomic mass is 10.2. The van der Waals surface area contributed by atoms with Crippen LogP contribution < -0.4 is 24.3 Å². The van der Waals surface area contributed by atoms with Crippen LogP contribution in [0.3, 0.4) is 0 Å². The van der Waals surface area contributed by atoms with Crippen molar-refractivity contribution in [3.63, 3.8) is 0 Å². The van der Waals surface area contributed by atoms with Gasteiger partial charge in [0, 0.05) is 23.9 Å². The first-order valence-electron chi connectivity index (χ1n) is 9.01. The Balaban J connectivity index is 1.97. The van der Waals surface area contributed by atoms with Gasteiger partial charge in [-0.15, -0.1) is 0 Å². The fraction of sp³-hybridized carbons (Fsp3) is 0.333. The zero-order valence-corrected chi connectivity index (χ0v) is 16.9. The molecule has 0 heterocycles. The molecule has 0 spiro atoms. The van der Waals surface area contributed by atoms with Crippen molar-refractivity contribution in [3.8, 4) is 23.0 Å². The number of methoxy groups -OCH3 is 3. The zero-order valence-electron chi connectivity index (χ0n) is 16.9. The Hall–Kier alpha value is -3.42. The number of rotatable bonds is 10. The molecule has 29 heavy (non-hydrogen) atoms. The van der Waals surface area contributed by atoms with E-state index in [2.05, 4.69) is 5.32 Å². The molecule has 8 nitrogen and oxygen atoms in total. The summed E-state index contributed by atoms with van der Waals surface area (Å²) in [6, 6.07) is 9.63. The first-order valence-corrected chi connectivity index (χ1v) is 9.01. The van der Waals surface area contributed by atoms with Gasteiger partial charge in [-0.3, -0.25) is 4.79 Å². The molecular formula is C21H25NO7. The molecule has 0 saturated carbocycles. The predicted octanol–water partition coefficient (Wildman–Crippen LogP) is 3.30. The van der Waals surface area contributed by atoms with Crippen molar-refractivity contribution in [3.05, 3.63) is 42.0 Å². The summed E-state index contributed by atoms with van der Waals surface area (Å²) in [6.45, 7) is 2.08. The molecule has 2 rings (SSSR count). The van der Waals surface area contributed by atoms with Crippen LogP contribution in [0.15, 0.2) is 36.4 Å². The molecule has 0 saturated heterocycles. The SMILES string of the molecule is CCCOc1ccc(C(=O)OCC(=O)Nc2cc(OC)cc(OC)c2)cc1OC. The third kappa shape index (κ3) is 6.31. The number of benzene rings is 2. The van der Waals surface area contributed by atoms with Crippen LogP contribution in [0, 0.1) is 0 Å². The highest BCUT2D eigenvalue weighted by molar-refractivity contribution is 5.96. The molecule has 0 aromatic heterocycles. The lowest BCUT2D eigenvalue weighted by Crippen LogP contribution is -2.21. The van der Waals surface area contributed by atoms with Crippen molar-refractivity contribution in [1.29, 1.82) is 0 Å². The molecule has 156 valence electrons. The number of esters is 1. The third-order valence-corrected chi connectivity index (χ3v) is 3.83. The minimum absolute atomic E-state index is 0.251. The molecule has 1 N–H and O–H groups in total. The molecule has 0 aliphatic heterocycles. The Kier molecular flexibility index (Phi) is 8.14. The van der Waals surface area contributed by atoms with Gasteiger partial charge in [-0.05, 0) is 24.6 Å². The number of hydrogen-bond donors (Lipinski definition) is 1. The molecule has 2 aromatic rings. The van der Waals surface area contributed by atoms with E-state index in [1.54, 1.807) is 30.3 Å². The molecular weight excluding hydrogens is 378 g/mol. The molecule has 0 unspecified atom stereocenters. The van der Waals surface area contributed by atoms with Gasteiger partial charge in [0.1, 0.15) is 11.5 Å². The van der Waals surface area contributed by atoms with Crippen molar-refractivity contribution in [2.45, 2.75) is 13.3 Å². The van der Waals surface area contributed by atoms with Gasteiger partial charge in [0.2, 0.25) is 0 Å². The molecule has 0 aliphatic rings. The number of hydrogen-bond acceptors (Lipinski definition) is 7. The molecule has 8 heteroatoms. The van der Waals surface area contributed by atoms with Gasteiger partial charge in [0.15, 0.2) is 18.1 Å². The number of ether oxygens (including phenoxy) is 5. The first kappa shape index (κ1) is 21.9. The van der Waals surface area contributed by atoms with Crippen LogP contribution in [0.1, 0.15) is 23.7 Å². The van der Waals surface area contributed by atoms with Crippen LogP contribution in [-0.2, 0) is 9.53 Å². The zero-order chi connectivity index (χ0) is 21.2. The van der Waals surface area contributed by atoms with Crippen molar-refractivity contribution in [2.24, 2.45) is 0 Å². The quantitative estimate of drug-likeness (QED) is 0.609. The lowest BCUT2D eigenvalue weighted by Gasteiger charge is -2.12. The molecule has 0 fully saturated rings. The summed E-state index contributed by atoms with van der Waals surface area (Å²) < 4.78 is 26.2. The Morgan fingerprint density at radius 3 is 2.17 bits per heavy atom. The van der Waals surface area contributed by atoms with E-state index in [-0.39, 0.29) is 5.56 Å². The Morgan fingerprint density at radius 1 is 0.897 bits per heavy atom. The summed E-state index contributed by atoms with van der Waals surface area (Å²) in [5.41, 5.74) is 0.711. The normalized spacial score (nSPS) is 10.1. The van der Waals surface area contributed by atoms with Crippen molar-refractivity contribution in [2.75, 3.05) is 39.9 Å². The summed E-state index contributed by atoms with van der Waals surface area (Å²) >= 11 is 0. The van der Waals surface area contributed by atoms with E-state index in [9.17, 15) is 9.59 Å². The summed E-state index contributed by atoms with van der Waals surface area (Å²) in [6.07, 6.45) is 0.848. The van der Waals surface area contributed by atoms with Crippen LogP contribution in [0.5, 0.6) is 23.0 Å². The first-order chi connectivity index (χ1) is 14.0. The van der Waals surface area contributed by atoms with E-state index in [1.807, 2.05) is 6.92 Å². The fourth-order valence-corrected chi connectivity index (χ4v) is 2.42. The fourth-order valence-electron chi connectivity index (χ4n) is 2.42. The maximum absolute atomic E-state index is 12.3. The summed E-state index contributed by atoms with van der Waals surface area (Å²) in [5, 5.41) is 2.63. The molecule has 0 atom stereocenters. The Morgan fingerprint density at radius 2 is 1.59 bits per heavy atom. The number of nitrogens with one attached hydrogen (secondary N) is 1. The molecule has 1 amide bonds. The van der Waals surface area contributed by atoms with E-state index in [1.165, 1.54) is 27.4 Å². The standard InChI is InChI=1S/C21H25NO7/c1-5-8-28-18-7-6-14(9-19(18)27-4)21(24)29-13-20(23)22-15-10-16(25-2)12-17(11-15)26-3/h6-7,9-12H,5,8,13H2,1-4H3,(H,22,23). The van der Waals surface area contributed by atoms with Crippen molar-refractivity contribution < 1.29 is 33.3 Å². The maximum atomic E-state index is 12.3. The van der Waals surface area contributed by atoms with Crippen LogP contribution in [0.2, 0.25) is 0 Å². The van der Waals surface area contributed by atoms with E-state index < -0.39 is 18.5 Å². The van der Waals surface area contributed by atoms with E-state index in [0.29, 0.717) is 35.3 Å². The number of anilines is 1. The van der Waals surface area contributed by atoms with Gasteiger partial charge in [0.05, 0.1) is 33.5 Å². The highest BCUT2D eigenvalue weighted by atomic mass is 16.5. The minimum atomic E-state index is -0.649. The number of carbonyl (C=O) groups excluding carboxylic acids is 2. The molecule has 0 bridgehead atoms. The van der Waals surface area contributed by atoms with Crippen LogP contribution in [-0.4, -0.2) is 46.4 Å². The van der Waals surface area contributed by atoms with Crippen LogP contribution in [0.4, 0.5) is 5.69 Å². The highest BCUT2D eigenvalue weighted by Gasteiger charge is 2.14. The van der Waals surface area contributed by atoms with Gasteiger partial charge in [-0.1, -0.05) is 6.92 Å². The van der Waals surface area contributed by atoms with E-state index >= 15 is 0 Å². The molecule has 0 aliphatic carbocycles. The minimum Gasteiger partial charge on any atom is -0.497 e. The Labute approximate surface area is 169 Å². The van der Waals surface area contributed by atoms with E-state index in [4.69, 9.17) is 23.7 Å². The summed E-state index contributed by atoms with van der Waals surface area (Å²) in [5.74, 6) is 0.854. The predicted molar refractivity (Wildman–Crippen MR) is 107 cm³/mol. The highest BCUT2D eigenvalue weighted by Crippen LogP contribution is 2.28. The number of amides is 1. The number of carbonyl (C=O) groups is 2. The lowest BCUT2D eigenvalue weighted by molar-refractivity contribution is -0.119. The Bertz CT molecular complexity index is 829. The van der Waals surface area contributed by atoms with Gasteiger partial charge in [-0.2, -0.15) is 0 Å². The average Bonchev–Trinajstić information content (AvgIpc) is 2.75. The van der Waals surface area contributed by atoms with Crippen molar-refractivity contribution >= 4 is 17.6 Å². The topological polar surface area (TPSA) is 92.3 Å². The second-order valence-electron chi connectivity index (χ2n) is 5.94. The summed E-state index contributed by atoms with van der Waals surface area (Å²) in [4.78, 5) is 24.4. The molecule has 0 radical (unpaired) electrons. The van der Waals surface area contributed by atoms with E-state index in [0.717, 1.165) is 6.42 Å². The van der Waals surface area contributed by atoms with Gasteiger partial charge >= 0.3 is 5.97 Å². The van der Waals surface area contributed by atoms with Crippen LogP contribution >= 0.6 is 0 Å². The van der Waals surface area contributed by atoms with Gasteiger partial charge in [0.25, 0.3) is 5.91 Å². The second kappa shape index (κ2) is 10.8. The van der Waals surface area contributed by atoms with Gasteiger partial charge in [-0.25, -0.2) is 4.79 Å². The largest absolute Gasteiger partial charge is 0.497 e.